The lowest BCUT2D eigenvalue weighted by Gasteiger charge is -2.06. The average Bonchev–Trinajstić information content (AvgIpc) is 2.68. The smallest absolute Gasteiger partial charge is 0.166 e. The van der Waals surface area contributed by atoms with E-state index >= 15 is 0 Å². The maximum atomic E-state index is 12.2. The number of rotatable bonds is 2. The van der Waals surface area contributed by atoms with Crippen LogP contribution in [0.25, 0.3) is 0 Å². The maximum absolute atomic E-state index is 12.2. The Hall–Kier alpha value is -1.96. The lowest BCUT2D eigenvalue weighted by molar-refractivity contribution is 0.0936. The molecule has 0 saturated heterocycles. The topological polar surface area (TPSA) is 30.0 Å². The van der Waals surface area contributed by atoms with Crippen LogP contribution in [-0.4, -0.2) is 10.8 Å². The monoisotopic (exact) mass is 223 g/mol. The molecule has 1 atom stereocenters. The first-order valence-corrected chi connectivity index (χ1v) is 5.85. The molecule has 2 aromatic rings. The fourth-order valence-corrected chi connectivity index (χ4v) is 2.49. The third-order valence-electron chi connectivity index (χ3n) is 3.32. The van der Waals surface area contributed by atoms with Gasteiger partial charge in [-0.05, 0) is 30.0 Å². The highest BCUT2D eigenvalue weighted by Gasteiger charge is 2.29. The Kier molecular flexibility index (Phi) is 2.48. The van der Waals surface area contributed by atoms with Crippen LogP contribution in [0, 0.1) is 5.92 Å². The van der Waals surface area contributed by atoms with Gasteiger partial charge in [0.15, 0.2) is 5.78 Å². The van der Waals surface area contributed by atoms with Gasteiger partial charge in [0.25, 0.3) is 0 Å². The summed E-state index contributed by atoms with van der Waals surface area (Å²) in [6.45, 7) is 0. The summed E-state index contributed by atoms with van der Waals surface area (Å²) in [6.07, 6.45) is 5.26. The second-order valence-corrected chi connectivity index (χ2v) is 4.49. The molecule has 3 rings (SSSR count). The molecule has 2 nitrogen and oxygen atoms in total. The van der Waals surface area contributed by atoms with E-state index in [9.17, 15) is 4.79 Å². The van der Waals surface area contributed by atoms with E-state index in [4.69, 9.17) is 0 Å². The van der Waals surface area contributed by atoms with Crippen LogP contribution in [-0.2, 0) is 12.8 Å². The first kappa shape index (κ1) is 10.2. The molecule has 1 aliphatic rings. The van der Waals surface area contributed by atoms with Gasteiger partial charge >= 0.3 is 0 Å². The van der Waals surface area contributed by atoms with E-state index < -0.39 is 0 Å². The minimum absolute atomic E-state index is 0.0941. The first-order valence-electron chi connectivity index (χ1n) is 5.85. The average molecular weight is 223 g/mol. The summed E-state index contributed by atoms with van der Waals surface area (Å²) in [6, 6.07) is 11.9. The summed E-state index contributed by atoms with van der Waals surface area (Å²) in [5.74, 6) is 0.376. The number of hydrogen-bond acceptors (Lipinski definition) is 2. The Balaban J connectivity index is 1.83. The van der Waals surface area contributed by atoms with Gasteiger partial charge in [-0.3, -0.25) is 9.78 Å². The van der Waals surface area contributed by atoms with E-state index in [0.717, 1.165) is 24.0 Å². The third kappa shape index (κ3) is 1.86. The number of pyridine rings is 1. The van der Waals surface area contributed by atoms with Crippen molar-refractivity contribution in [3.05, 3.63) is 65.5 Å². The van der Waals surface area contributed by atoms with Crippen molar-refractivity contribution in [2.75, 3.05) is 0 Å². The predicted octanol–water partition coefficient (Wildman–Crippen LogP) is 2.68. The highest BCUT2D eigenvalue weighted by Crippen LogP contribution is 2.28. The Morgan fingerprint density at radius 1 is 1.18 bits per heavy atom. The maximum Gasteiger partial charge on any atom is 0.166 e. The number of nitrogens with zero attached hydrogens (tertiary/aromatic N) is 1. The molecular formula is C15H13NO. The van der Waals surface area contributed by atoms with Crippen molar-refractivity contribution in [2.45, 2.75) is 12.8 Å². The van der Waals surface area contributed by atoms with Gasteiger partial charge < -0.3 is 0 Å². The predicted molar refractivity (Wildman–Crippen MR) is 65.9 cm³/mol. The molecule has 0 amide bonds. The van der Waals surface area contributed by atoms with Crippen molar-refractivity contribution < 1.29 is 4.79 Å². The molecule has 1 aliphatic carbocycles. The van der Waals surface area contributed by atoms with Gasteiger partial charge in [-0.2, -0.15) is 0 Å². The van der Waals surface area contributed by atoms with Crippen molar-refractivity contribution in [1.82, 2.24) is 4.98 Å². The first-order chi connectivity index (χ1) is 8.34. The van der Waals surface area contributed by atoms with Crippen LogP contribution in [0.2, 0.25) is 0 Å². The van der Waals surface area contributed by atoms with E-state index in [1.54, 1.807) is 6.20 Å². The highest BCUT2D eigenvalue weighted by atomic mass is 16.1. The molecule has 1 aromatic heterocycles. The number of carbonyl (C=O) groups is 1. The molecule has 0 N–H and O–H groups in total. The molecule has 84 valence electrons. The molecule has 0 bridgehead atoms. The van der Waals surface area contributed by atoms with Crippen molar-refractivity contribution >= 4 is 5.78 Å². The fraction of sp³-hybridized carbons (Fsp3) is 0.200. The zero-order chi connectivity index (χ0) is 11.7. The van der Waals surface area contributed by atoms with E-state index in [0.29, 0.717) is 0 Å². The van der Waals surface area contributed by atoms with Crippen LogP contribution in [0.15, 0.2) is 48.8 Å². The Bertz CT molecular complexity index is 548. The SMILES string of the molecule is O=C1c2ccccc2C[C@H]1Cc1cccnc1. The molecule has 0 unspecified atom stereocenters. The van der Waals surface area contributed by atoms with Crippen LogP contribution < -0.4 is 0 Å². The molecule has 0 aliphatic heterocycles. The van der Waals surface area contributed by atoms with Crippen molar-refractivity contribution in [3.63, 3.8) is 0 Å². The summed E-state index contributed by atoms with van der Waals surface area (Å²) in [5.41, 5.74) is 3.23. The molecule has 0 fully saturated rings. The van der Waals surface area contributed by atoms with Crippen molar-refractivity contribution in [3.8, 4) is 0 Å². The summed E-state index contributed by atoms with van der Waals surface area (Å²) in [4.78, 5) is 16.3. The van der Waals surface area contributed by atoms with E-state index in [1.165, 1.54) is 5.56 Å². The van der Waals surface area contributed by atoms with Crippen molar-refractivity contribution in [2.24, 2.45) is 5.92 Å². The zero-order valence-electron chi connectivity index (χ0n) is 9.47. The van der Waals surface area contributed by atoms with Gasteiger partial charge in [-0.25, -0.2) is 0 Å². The quantitative estimate of drug-likeness (QED) is 0.783. The van der Waals surface area contributed by atoms with Crippen LogP contribution in [0.4, 0.5) is 0 Å². The van der Waals surface area contributed by atoms with Crippen LogP contribution in [0.5, 0.6) is 0 Å². The summed E-state index contributed by atoms with van der Waals surface area (Å²) in [5, 5.41) is 0. The normalized spacial score (nSPS) is 18.1. The van der Waals surface area contributed by atoms with E-state index in [2.05, 4.69) is 11.1 Å². The molecule has 1 aromatic carbocycles. The van der Waals surface area contributed by atoms with Crippen molar-refractivity contribution in [1.29, 1.82) is 0 Å². The molecule has 2 heteroatoms. The lowest BCUT2D eigenvalue weighted by Crippen LogP contribution is -2.12. The van der Waals surface area contributed by atoms with Gasteiger partial charge in [0.05, 0.1) is 0 Å². The molecule has 17 heavy (non-hydrogen) atoms. The summed E-state index contributed by atoms with van der Waals surface area (Å²) >= 11 is 0. The van der Waals surface area contributed by atoms with E-state index in [-0.39, 0.29) is 11.7 Å². The molecule has 0 radical (unpaired) electrons. The second-order valence-electron chi connectivity index (χ2n) is 4.49. The molecular weight excluding hydrogens is 210 g/mol. The Morgan fingerprint density at radius 3 is 2.82 bits per heavy atom. The van der Waals surface area contributed by atoms with Gasteiger partial charge in [0.2, 0.25) is 0 Å². The number of Topliss-reactive ketones (excluding diaryl/α,β-unsaturated/α-hetero) is 1. The number of fused-ring (bicyclic) bond motifs is 1. The third-order valence-corrected chi connectivity index (χ3v) is 3.32. The molecule has 1 heterocycles. The van der Waals surface area contributed by atoms with Crippen LogP contribution >= 0.6 is 0 Å². The summed E-state index contributed by atoms with van der Waals surface area (Å²) in [7, 11) is 0. The zero-order valence-corrected chi connectivity index (χ0v) is 9.47. The van der Waals surface area contributed by atoms with Gasteiger partial charge in [0.1, 0.15) is 0 Å². The standard InChI is InChI=1S/C15H13NO/c17-15-13(8-11-4-3-7-16-10-11)9-12-5-1-2-6-14(12)15/h1-7,10,13H,8-9H2/t13-/m1/s1. The van der Waals surface area contributed by atoms with Crippen LogP contribution in [0.1, 0.15) is 21.5 Å². The number of ketones is 1. The fourth-order valence-electron chi connectivity index (χ4n) is 2.49. The van der Waals surface area contributed by atoms with Gasteiger partial charge in [-0.15, -0.1) is 0 Å². The summed E-state index contributed by atoms with van der Waals surface area (Å²) < 4.78 is 0. The van der Waals surface area contributed by atoms with Gasteiger partial charge in [-0.1, -0.05) is 30.3 Å². The highest BCUT2D eigenvalue weighted by molar-refractivity contribution is 6.02. The number of carbonyl (C=O) groups excluding carboxylic acids is 1. The minimum atomic E-state index is 0.0941. The minimum Gasteiger partial charge on any atom is -0.294 e. The largest absolute Gasteiger partial charge is 0.294 e. The Labute approximate surface area is 100 Å². The van der Waals surface area contributed by atoms with E-state index in [1.807, 2.05) is 36.5 Å². The number of benzene rings is 1. The number of hydrogen-bond donors (Lipinski definition) is 0. The molecule has 0 saturated carbocycles. The van der Waals surface area contributed by atoms with Gasteiger partial charge in [0, 0.05) is 23.9 Å². The van der Waals surface area contributed by atoms with Crippen LogP contribution in [0.3, 0.4) is 0 Å². The second kappa shape index (κ2) is 4.13. The lowest BCUT2D eigenvalue weighted by atomic mass is 9.97. The number of aromatic nitrogens is 1. The Morgan fingerprint density at radius 2 is 2.06 bits per heavy atom. The molecule has 0 spiro atoms.